The Labute approximate surface area is 98.0 Å². The van der Waals surface area contributed by atoms with Gasteiger partial charge in [-0.2, -0.15) is 0 Å². The zero-order chi connectivity index (χ0) is 11.7. The van der Waals surface area contributed by atoms with Gasteiger partial charge < -0.3 is 4.74 Å². The number of hydrogen-bond acceptors (Lipinski definition) is 2. The highest BCUT2D eigenvalue weighted by atomic mass is 16.6. The van der Waals surface area contributed by atoms with Gasteiger partial charge in [0.05, 0.1) is 11.8 Å². The molecule has 1 fully saturated rings. The molecule has 0 bridgehead atoms. The van der Waals surface area contributed by atoms with E-state index < -0.39 is 0 Å². The van der Waals surface area contributed by atoms with Crippen molar-refractivity contribution in [3.63, 3.8) is 0 Å². The van der Waals surface area contributed by atoms with Gasteiger partial charge in [0.25, 0.3) is 0 Å². The number of nitrogens with zero attached hydrogens (tertiary/aromatic N) is 1. The van der Waals surface area contributed by atoms with Crippen LogP contribution >= 0.6 is 0 Å². The Bertz CT molecular complexity index is 342. The van der Waals surface area contributed by atoms with Crippen molar-refractivity contribution in [1.29, 1.82) is 0 Å². The molecule has 1 aromatic rings. The van der Waals surface area contributed by atoms with Gasteiger partial charge in [0.15, 0.2) is 0 Å². The summed E-state index contributed by atoms with van der Waals surface area (Å²) in [6.07, 6.45) is 3.77. The Kier molecular flexibility index (Phi) is 3.29. The summed E-state index contributed by atoms with van der Waals surface area (Å²) in [5, 5.41) is 0. The van der Waals surface area contributed by atoms with Crippen molar-refractivity contribution >= 4 is 0 Å². The van der Waals surface area contributed by atoms with Gasteiger partial charge in [-0.1, -0.05) is 33.8 Å². The van der Waals surface area contributed by atoms with Crippen LogP contribution in [0, 0.1) is 5.92 Å². The molecule has 1 unspecified atom stereocenters. The topological polar surface area (TPSA) is 25.4 Å². The van der Waals surface area contributed by atoms with Gasteiger partial charge in [0.2, 0.25) is 0 Å². The Morgan fingerprint density at radius 3 is 2.50 bits per heavy atom. The van der Waals surface area contributed by atoms with E-state index >= 15 is 0 Å². The summed E-state index contributed by atoms with van der Waals surface area (Å²) in [5.74, 6) is 1.25. The first-order valence-corrected chi connectivity index (χ1v) is 6.19. The minimum absolute atomic E-state index is 0.253. The first-order valence-electron chi connectivity index (χ1n) is 6.19. The first kappa shape index (κ1) is 11.6. The van der Waals surface area contributed by atoms with Crippen LogP contribution in [-0.4, -0.2) is 11.1 Å². The van der Waals surface area contributed by atoms with Crippen molar-refractivity contribution in [2.75, 3.05) is 0 Å². The van der Waals surface area contributed by atoms with Crippen molar-refractivity contribution in [2.24, 2.45) is 5.92 Å². The maximum absolute atomic E-state index is 5.65. The highest BCUT2D eigenvalue weighted by molar-refractivity contribution is 5.21. The highest BCUT2D eigenvalue weighted by Gasteiger charge is 2.41. The summed E-state index contributed by atoms with van der Waals surface area (Å²) < 4.78 is 5.65. The Balaban J connectivity index is 1.97. The van der Waals surface area contributed by atoms with E-state index in [1.54, 1.807) is 0 Å². The molecule has 0 spiro atoms. The normalized spacial score (nSPS) is 24.1. The molecule has 2 atom stereocenters. The largest absolute Gasteiger partial charge is 0.363 e. The molecule has 2 heterocycles. The lowest BCUT2D eigenvalue weighted by atomic mass is 10.0. The third-order valence-corrected chi connectivity index (χ3v) is 3.05. The summed E-state index contributed by atoms with van der Waals surface area (Å²) in [6, 6.07) is 4.28. The lowest BCUT2D eigenvalue weighted by molar-refractivity contribution is 0.347. The smallest absolute Gasteiger partial charge is 0.126 e. The van der Waals surface area contributed by atoms with E-state index in [0.29, 0.717) is 17.9 Å². The number of rotatable bonds is 4. The summed E-state index contributed by atoms with van der Waals surface area (Å²) in [5.41, 5.74) is 2.39. The number of aromatic nitrogens is 1. The van der Waals surface area contributed by atoms with Crippen molar-refractivity contribution in [3.8, 4) is 0 Å². The molecule has 1 aromatic heterocycles. The third-order valence-electron chi connectivity index (χ3n) is 3.05. The van der Waals surface area contributed by atoms with E-state index in [2.05, 4.69) is 44.8 Å². The fraction of sp³-hybridized carbons (Fsp3) is 0.643. The van der Waals surface area contributed by atoms with E-state index in [0.717, 1.165) is 12.1 Å². The molecule has 1 aliphatic heterocycles. The van der Waals surface area contributed by atoms with Crippen LogP contribution in [-0.2, 0) is 4.74 Å². The Hall–Kier alpha value is -0.890. The fourth-order valence-corrected chi connectivity index (χ4v) is 1.97. The van der Waals surface area contributed by atoms with Gasteiger partial charge in [-0.05, 0) is 29.9 Å². The predicted octanol–water partition coefficient (Wildman–Crippen LogP) is 3.69. The van der Waals surface area contributed by atoms with E-state index in [-0.39, 0.29) is 6.10 Å². The standard InChI is InChI=1S/C14H21NO/c1-9(2)7-13-14(16-13)12-6-5-11(8-15-12)10(3)4/h5-6,8-10,13-14H,7H2,1-4H3/t13-,14?/m1/s1. The van der Waals surface area contributed by atoms with Crippen LogP contribution in [0.4, 0.5) is 0 Å². The molecule has 1 saturated heterocycles. The summed E-state index contributed by atoms with van der Waals surface area (Å²) >= 11 is 0. The molecule has 88 valence electrons. The van der Waals surface area contributed by atoms with Crippen LogP contribution < -0.4 is 0 Å². The lowest BCUT2D eigenvalue weighted by Gasteiger charge is -2.04. The highest BCUT2D eigenvalue weighted by Crippen LogP contribution is 2.41. The van der Waals surface area contributed by atoms with Crippen molar-refractivity contribution < 1.29 is 4.74 Å². The molecule has 1 aliphatic rings. The Morgan fingerprint density at radius 1 is 1.25 bits per heavy atom. The average Bonchev–Trinajstić information content (AvgIpc) is 2.96. The van der Waals surface area contributed by atoms with Crippen molar-refractivity contribution in [1.82, 2.24) is 4.98 Å². The molecule has 0 aromatic carbocycles. The number of pyridine rings is 1. The van der Waals surface area contributed by atoms with Crippen molar-refractivity contribution in [3.05, 3.63) is 29.6 Å². The summed E-state index contributed by atoms with van der Waals surface area (Å²) in [6.45, 7) is 8.83. The molecule has 16 heavy (non-hydrogen) atoms. The molecule has 0 N–H and O–H groups in total. The monoisotopic (exact) mass is 219 g/mol. The van der Waals surface area contributed by atoms with Gasteiger partial charge in [-0.15, -0.1) is 0 Å². The van der Waals surface area contributed by atoms with Crippen LogP contribution in [0.15, 0.2) is 18.3 Å². The first-order chi connectivity index (χ1) is 7.58. The van der Waals surface area contributed by atoms with Crippen LogP contribution in [0.2, 0.25) is 0 Å². The number of ether oxygens (including phenoxy) is 1. The van der Waals surface area contributed by atoms with Crippen LogP contribution in [0.25, 0.3) is 0 Å². The van der Waals surface area contributed by atoms with E-state index in [4.69, 9.17) is 4.74 Å². The second kappa shape index (κ2) is 4.54. The zero-order valence-corrected chi connectivity index (χ0v) is 10.6. The molecule has 0 amide bonds. The Morgan fingerprint density at radius 2 is 2.00 bits per heavy atom. The number of hydrogen-bond donors (Lipinski definition) is 0. The molecule has 2 rings (SSSR count). The summed E-state index contributed by atoms with van der Waals surface area (Å²) in [4.78, 5) is 4.49. The van der Waals surface area contributed by atoms with Crippen LogP contribution in [0.3, 0.4) is 0 Å². The minimum atomic E-state index is 0.253. The average molecular weight is 219 g/mol. The summed E-state index contributed by atoms with van der Waals surface area (Å²) in [7, 11) is 0. The minimum Gasteiger partial charge on any atom is -0.363 e. The van der Waals surface area contributed by atoms with Gasteiger partial charge in [-0.3, -0.25) is 4.98 Å². The maximum atomic E-state index is 5.65. The van der Waals surface area contributed by atoms with E-state index in [9.17, 15) is 0 Å². The zero-order valence-electron chi connectivity index (χ0n) is 10.6. The molecule has 0 aliphatic carbocycles. The lowest BCUT2D eigenvalue weighted by Crippen LogP contribution is -1.97. The van der Waals surface area contributed by atoms with E-state index in [1.165, 1.54) is 5.56 Å². The van der Waals surface area contributed by atoms with Gasteiger partial charge in [0.1, 0.15) is 6.10 Å². The van der Waals surface area contributed by atoms with Crippen LogP contribution in [0.5, 0.6) is 0 Å². The molecular formula is C14H21NO. The van der Waals surface area contributed by atoms with Crippen LogP contribution in [0.1, 0.15) is 57.4 Å². The molecule has 0 radical (unpaired) electrons. The SMILES string of the molecule is CC(C)C[C@H]1OC1c1ccc(C(C)C)cn1. The molecular weight excluding hydrogens is 198 g/mol. The van der Waals surface area contributed by atoms with Gasteiger partial charge in [0, 0.05) is 6.20 Å². The fourth-order valence-electron chi connectivity index (χ4n) is 1.97. The second-order valence-corrected chi connectivity index (χ2v) is 5.40. The van der Waals surface area contributed by atoms with Gasteiger partial charge in [-0.25, -0.2) is 0 Å². The van der Waals surface area contributed by atoms with E-state index in [1.807, 2.05) is 6.20 Å². The molecule has 0 saturated carbocycles. The van der Waals surface area contributed by atoms with Gasteiger partial charge >= 0.3 is 0 Å². The second-order valence-electron chi connectivity index (χ2n) is 5.40. The quantitative estimate of drug-likeness (QED) is 0.722. The maximum Gasteiger partial charge on any atom is 0.126 e. The predicted molar refractivity (Wildman–Crippen MR) is 65.4 cm³/mol. The number of epoxide rings is 1. The molecule has 2 nitrogen and oxygen atoms in total. The third kappa shape index (κ3) is 2.62. The van der Waals surface area contributed by atoms with Crippen molar-refractivity contribution in [2.45, 2.75) is 52.2 Å². The molecule has 2 heteroatoms.